The number of carboxylic acids is 1. The van der Waals surface area contributed by atoms with E-state index in [-0.39, 0.29) is 34.1 Å². The highest BCUT2D eigenvalue weighted by Crippen LogP contribution is 2.35. The first-order valence-electron chi connectivity index (χ1n) is 12.0. The lowest BCUT2D eigenvalue weighted by Gasteiger charge is -2.26. The van der Waals surface area contributed by atoms with Gasteiger partial charge in [0.15, 0.2) is 11.5 Å². The second kappa shape index (κ2) is 10.9. The van der Waals surface area contributed by atoms with Crippen LogP contribution in [0.2, 0.25) is 0 Å². The summed E-state index contributed by atoms with van der Waals surface area (Å²) in [4.78, 5) is 20.3. The Bertz CT molecular complexity index is 1570. The summed E-state index contributed by atoms with van der Waals surface area (Å²) in [7, 11) is 2.83. The van der Waals surface area contributed by atoms with Gasteiger partial charge >= 0.3 is 5.97 Å². The maximum Gasteiger partial charge on any atom is 0.337 e. The molecule has 0 amide bonds. The number of nitrogens with zero attached hydrogens (tertiary/aromatic N) is 4. The quantitative estimate of drug-likeness (QED) is 0.242. The standard InChI is InChI=1S/C27H25FN6O6/c1-14-29-24(33-40-14)15-8-10-16(11-9-15)30-23(18-12-21(38-2)22(39-3)13-19(18)28)25-31-27(37)34(32-25)20-7-5-4-6-17(20)26(35)36/h4-13,23,27,30,37H,1-3H3,(H,31,32)(H,35,36). The van der Waals surface area contributed by atoms with Crippen molar-refractivity contribution in [2.45, 2.75) is 19.3 Å². The molecule has 13 heteroatoms. The number of aliphatic imine (C=N–C) groups is 1. The van der Waals surface area contributed by atoms with E-state index in [0.29, 0.717) is 23.0 Å². The summed E-state index contributed by atoms with van der Waals surface area (Å²) in [6.07, 6.45) is -1.49. The van der Waals surface area contributed by atoms with Crippen LogP contribution in [-0.4, -0.2) is 52.7 Å². The normalized spacial score (nSPS) is 15.3. The average molecular weight is 549 g/mol. The van der Waals surface area contributed by atoms with E-state index < -0.39 is 24.2 Å². The molecule has 1 aromatic heterocycles. The molecule has 0 spiro atoms. The highest BCUT2D eigenvalue weighted by Gasteiger charge is 2.34. The first-order valence-corrected chi connectivity index (χ1v) is 12.0. The Morgan fingerprint density at radius 1 is 1.12 bits per heavy atom. The van der Waals surface area contributed by atoms with E-state index in [1.54, 1.807) is 43.3 Å². The minimum absolute atomic E-state index is 0.0559. The largest absolute Gasteiger partial charge is 0.493 e. The van der Waals surface area contributed by atoms with Gasteiger partial charge in [-0.3, -0.25) is 5.43 Å². The summed E-state index contributed by atoms with van der Waals surface area (Å²) in [6, 6.07) is 14.8. The third-order valence-corrected chi connectivity index (χ3v) is 6.18. The number of carbonyl (C=O) groups is 1. The van der Waals surface area contributed by atoms with E-state index in [1.165, 1.54) is 43.5 Å². The minimum Gasteiger partial charge on any atom is -0.493 e. The molecule has 0 fully saturated rings. The number of anilines is 2. The van der Waals surface area contributed by atoms with Gasteiger partial charge in [0.1, 0.15) is 17.7 Å². The van der Waals surface area contributed by atoms with Crippen molar-refractivity contribution >= 4 is 23.2 Å². The molecule has 0 radical (unpaired) electrons. The SMILES string of the molecule is COc1cc(F)c(C(Nc2ccc(-c3noc(C)n3)cc2)C2=NC(O)N(c3ccccc3C(=O)O)N2)cc1OC. The Labute approximate surface area is 227 Å². The van der Waals surface area contributed by atoms with Crippen LogP contribution >= 0.6 is 0 Å². The lowest BCUT2D eigenvalue weighted by atomic mass is 10.0. The molecule has 5 rings (SSSR count). The molecule has 12 nitrogen and oxygen atoms in total. The van der Waals surface area contributed by atoms with E-state index in [0.717, 1.165) is 0 Å². The maximum absolute atomic E-state index is 15.5. The molecule has 0 saturated carbocycles. The lowest BCUT2D eigenvalue weighted by Crippen LogP contribution is -2.44. The first kappa shape index (κ1) is 26.4. The highest BCUT2D eigenvalue weighted by molar-refractivity contribution is 5.98. The van der Waals surface area contributed by atoms with Gasteiger partial charge in [-0.1, -0.05) is 17.3 Å². The zero-order chi connectivity index (χ0) is 28.4. The molecule has 2 atom stereocenters. The predicted octanol–water partition coefficient (Wildman–Crippen LogP) is 3.75. The van der Waals surface area contributed by atoms with Crippen molar-refractivity contribution in [3.05, 3.63) is 83.5 Å². The van der Waals surface area contributed by atoms with E-state index in [9.17, 15) is 15.0 Å². The molecule has 2 heterocycles. The number of rotatable bonds is 9. The van der Waals surface area contributed by atoms with Gasteiger partial charge in [0.25, 0.3) is 0 Å². The van der Waals surface area contributed by atoms with Gasteiger partial charge < -0.3 is 29.5 Å². The number of methoxy groups -OCH3 is 2. The molecule has 1 aliphatic heterocycles. The molecule has 206 valence electrons. The van der Waals surface area contributed by atoms with Crippen LogP contribution in [-0.2, 0) is 0 Å². The zero-order valence-electron chi connectivity index (χ0n) is 21.6. The Morgan fingerprint density at radius 2 is 1.82 bits per heavy atom. The van der Waals surface area contributed by atoms with Gasteiger partial charge in [-0.25, -0.2) is 19.2 Å². The monoisotopic (exact) mass is 548 g/mol. The molecule has 0 bridgehead atoms. The van der Waals surface area contributed by atoms with E-state index in [2.05, 4.69) is 25.9 Å². The van der Waals surface area contributed by atoms with Crippen molar-refractivity contribution in [1.82, 2.24) is 15.6 Å². The van der Waals surface area contributed by atoms with Crippen LogP contribution in [0.15, 0.2) is 70.2 Å². The van der Waals surface area contributed by atoms with E-state index in [1.807, 2.05) is 0 Å². The number of halogens is 1. The number of hydrazine groups is 1. The molecule has 3 aromatic carbocycles. The molecule has 40 heavy (non-hydrogen) atoms. The Morgan fingerprint density at radius 3 is 2.48 bits per heavy atom. The van der Waals surface area contributed by atoms with Crippen LogP contribution in [0.25, 0.3) is 11.4 Å². The van der Waals surface area contributed by atoms with Crippen molar-refractivity contribution in [2.75, 3.05) is 24.5 Å². The molecule has 4 aromatic rings. The molecule has 4 N–H and O–H groups in total. The number of aliphatic hydroxyl groups excluding tert-OH is 1. The number of para-hydroxylation sites is 1. The number of aryl methyl sites for hydroxylation is 1. The Balaban J connectivity index is 1.52. The number of aliphatic hydroxyl groups is 1. The summed E-state index contributed by atoms with van der Waals surface area (Å²) in [5, 5.41) is 28.8. The van der Waals surface area contributed by atoms with E-state index >= 15 is 4.39 Å². The number of hydrogen-bond acceptors (Lipinski definition) is 11. The van der Waals surface area contributed by atoms with Crippen LogP contribution in [0.5, 0.6) is 11.5 Å². The molecular weight excluding hydrogens is 523 g/mol. The van der Waals surface area contributed by atoms with Crippen molar-refractivity contribution in [2.24, 2.45) is 4.99 Å². The van der Waals surface area contributed by atoms with Crippen LogP contribution in [0.1, 0.15) is 27.9 Å². The van der Waals surface area contributed by atoms with Crippen molar-refractivity contribution in [3.8, 4) is 22.9 Å². The molecule has 2 unspecified atom stereocenters. The Hall–Kier alpha value is -5.17. The van der Waals surface area contributed by atoms with Crippen molar-refractivity contribution in [1.29, 1.82) is 0 Å². The second-order valence-corrected chi connectivity index (χ2v) is 8.69. The number of amidine groups is 1. The number of aromatic nitrogens is 2. The maximum atomic E-state index is 15.5. The molecule has 1 aliphatic rings. The number of hydrogen-bond donors (Lipinski definition) is 4. The third kappa shape index (κ3) is 5.09. The van der Waals surface area contributed by atoms with Gasteiger partial charge in [-0.15, -0.1) is 0 Å². The van der Waals surface area contributed by atoms with Crippen LogP contribution in [0.3, 0.4) is 0 Å². The van der Waals surface area contributed by atoms with Crippen molar-refractivity contribution in [3.63, 3.8) is 0 Å². The summed E-state index contributed by atoms with van der Waals surface area (Å²) >= 11 is 0. The average Bonchev–Trinajstić information content (AvgIpc) is 3.57. The van der Waals surface area contributed by atoms with Gasteiger partial charge in [-0.05, 0) is 42.5 Å². The van der Waals surface area contributed by atoms with Crippen molar-refractivity contribution < 1.29 is 33.4 Å². The summed E-state index contributed by atoms with van der Waals surface area (Å²) < 4.78 is 31.2. The Kier molecular flexibility index (Phi) is 7.21. The van der Waals surface area contributed by atoms with E-state index in [4.69, 9.17) is 14.0 Å². The van der Waals surface area contributed by atoms with Crippen LogP contribution in [0.4, 0.5) is 15.8 Å². The summed E-state index contributed by atoms with van der Waals surface area (Å²) in [5.41, 5.74) is 4.47. The fraction of sp³-hybridized carbons (Fsp3) is 0.185. The summed E-state index contributed by atoms with van der Waals surface area (Å²) in [6.45, 7) is 1.69. The molecule has 0 saturated heterocycles. The van der Waals surface area contributed by atoms with Gasteiger partial charge in [0.2, 0.25) is 18.1 Å². The lowest BCUT2D eigenvalue weighted by molar-refractivity contribution is 0.0697. The number of aromatic carboxylic acids is 1. The second-order valence-electron chi connectivity index (χ2n) is 8.69. The molecule has 0 aliphatic carbocycles. The predicted molar refractivity (Wildman–Crippen MR) is 143 cm³/mol. The first-order chi connectivity index (χ1) is 19.3. The number of nitrogens with one attached hydrogen (secondary N) is 2. The third-order valence-electron chi connectivity index (χ3n) is 6.18. The van der Waals surface area contributed by atoms with Crippen LogP contribution < -0.4 is 25.2 Å². The fourth-order valence-electron chi connectivity index (χ4n) is 4.26. The number of ether oxygens (including phenoxy) is 2. The fourth-order valence-corrected chi connectivity index (χ4v) is 4.26. The smallest absolute Gasteiger partial charge is 0.337 e. The minimum atomic E-state index is -1.49. The number of benzene rings is 3. The molecular formula is C27H25FN6O6. The van der Waals surface area contributed by atoms with Gasteiger partial charge in [0.05, 0.1) is 25.5 Å². The van der Waals surface area contributed by atoms with Gasteiger partial charge in [0, 0.05) is 29.8 Å². The summed E-state index contributed by atoms with van der Waals surface area (Å²) in [5.74, 6) is -0.366. The van der Waals surface area contributed by atoms with Gasteiger partial charge in [-0.2, -0.15) is 4.98 Å². The highest BCUT2D eigenvalue weighted by atomic mass is 19.1. The zero-order valence-corrected chi connectivity index (χ0v) is 21.6. The number of carboxylic acid groups (broad SMARTS) is 1. The van der Waals surface area contributed by atoms with Crippen LogP contribution in [0, 0.1) is 12.7 Å². The topological polar surface area (TPSA) is 155 Å².